The molecule has 1 aliphatic rings. The van der Waals surface area contributed by atoms with E-state index in [0.717, 1.165) is 26.1 Å². The molecule has 1 fully saturated rings. The molecule has 2 atom stereocenters. The van der Waals surface area contributed by atoms with Crippen molar-refractivity contribution in [2.75, 3.05) is 26.3 Å². The molecule has 1 saturated heterocycles. The zero-order valence-corrected chi connectivity index (χ0v) is 11.1. The molecule has 1 aromatic carbocycles. The Morgan fingerprint density at radius 3 is 2.83 bits per heavy atom. The van der Waals surface area contributed by atoms with Crippen LogP contribution in [-0.4, -0.2) is 43.3 Å². The van der Waals surface area contributed by atoms with Crippen LogP contribution >= 0.6 is 0 Å². The fourth-order valence-electron chi connectivity index (χ4n) is 2.66. The molecule has 2 unspecified atom stereocenters. The summed E-state index contributed by atoms with van der Waals surface area (Å²) in [4.78, 5) is 2.44. The lowest BCUT2D eigenvalue weighted by Crippen LogP contribution is -2.56. The molecule has 1 aliphatic heterocycles. The summed E-state index contributed by atoms with van der Waals surface area (Å²) in [6, 6.07) is 11.6. The maximum atomic E-state index is 12.4. The van der Waals surface area contributed by atoms with Gasteiger partial charge in [-0.15, -0.1) is 0 Å². The molecule has 1 N–H and O–H groups in total. The zero-order valence-electron chi connectivity index (χ0n) is 11.1. The summed E-state index contributed by atoms with van der Waals surface area (Å²) in [5, 5.41) is 3.52. The molecule has 0 aliphatic carbocycles. The molecule has 100 valence electrons. The van der Waals surface area contributed by atoms with E-state index in [1.807, 2.05) is 6.07 Å². The fraction of sp³-hybridized carbons (Fsp3) is 0.600. The predicted octanol–water partition coefficient (Wildman–Crippen LogP) is 2.25. The molecule has 0 saturated carbocycles. The Kier molecular flexibility index (Phi) is 5.14. The smallest absolute Gasteiger partial charge is 0.0906 e. The van der Waals surface area contributed by atoms with E-state index in [9.17, 15) is 4.39 Å². The number of benzene rings is 1. The highest BCUT2D eigenvalue weighted by Crippen LogP contribution is 2.13. The van der Waals surface area contributed by atoms with Crippen molar-refractivity contribution >= 4 is 0 Å². The number of alkyl halides is 1. The zero-order chi connectivity index (χ0) is 12.8. The molecule has 0 radical (unpaired) electrons. The van der Waals surface area contributed by atoms with Crippen molar-refractivity contribution in [1.29, 1.82) is 0 Å². The van der Waals surface area contributed by atoms with Gasteiger partial charge in [0.05, 0.1) is 6.67 Å². The number of nitrogens with one attached hydrogen (secondary N) is 1. The third-order valence-corrected chi connectivity index (χ3v) is 3.62. The van der Waals surface area contributed by atoms with Gasteiger partial charge < -0.3 is 5.32 Å². The molecule has 18 heavy (non-hydrogen) atoms. The summed E-state index contributed by atoms with van der Waals surface area (Å²) in [5.74, 6) is 0. The standard InChI is InChI=1S/C15H23FN2/c1-13-12-18(9-5-8-16)15(11-17-13)10-14-6-3-2-4-7-14/h2-4,6-7,13,15,17H,5,8-12H2,1H3. The van der Waals surface area contributed by atoms with Crippen molar-refractivity contribution in [2.24, 2.45) is 0 Å². The van der Waals surface area contributed by atoms with Crippen LogP contribution in [0.1, 0.15) is 18.9 Å². The molecule has 2 nitrogen and oxygen atoms in total. The number of hydrogen-bond acceptors (Lipinski definition) is 2. The van der Waals surface area contributed by atoms with Gasteiger partial charge in [-0.25, -0.2) is 0 Å². The van der Waals surface area contributed by atoms with Crippen molar-refractivity contribution in [3.63, 3.8) is 0 Å². The maximum Gasteiger partial charge on any atom is 0.0906 e. The molecular weight excluding hydrogens is 227 g/mol. The first kappa shape index (κ1) is 13.5. The van der Waals surface area contributed by atoms with Crippen molar-refractivity contribution in [3.05, 3.63) is 35.9 Å². The number of hydrogen-bond donors (Lipinski definition) is 1. The van der Waals surface area contributed by atoms with Crippen molar-refractivity contribution in [1.82, 2.24) is 10.2 Å². The summed E-state index contributed by atoms with van der Waals surface area (Å²) >= 11 is 0. The summed E-state index contributed by atoms with van der Waals surface area (Å²) in [7, 11) is 0. The summed E-state index contributed by atoms with van der Waals surface area (Å²) in [5.41, 5.74) is 1.36. The molecule has 0 bridgehead atoms. The Hall–Kier alpha value is -0.930. The van der Waals surface area contributed by atoms with Crippen LogP contribution in [0.4, 0.5) is 4.39 Å². The van der Waals surface area contributed by atoms with Crippen molar-refractivity contribution in [2.45, 2.75) is 31.8 Å². The second-order valence-corrected chi connectivity index (χ2v) is 5.19. The van der Waals surface area contributed by atoms with Crippen LogP contribution in [-0.2, 0) is 6.42 Å². The monoisotopic (exact) mass is 250 g/mol. The molecule has 1 aromatic rings. The van der Waals surface area contributed by atoms with Crippen LogP contribution < -0.4 is 5.32 Å². The Bertz CT molecular complexity index is 342. The van der Waals surface area contributed by atoms with Gasteiger partial charge in [0, 0.05) is 31.7 Å². The van der Waals surface area contributed by atoms with Gasteiger partial charge in [0.2, 0.25) is 0 Å². The third kappa shape index (κ3) is 3.79. The highest BCUT2D eigenvalue weighted by atomic mass is 19.1. The molecule has 0 spiro atoms. The Labute approximate surface area is 109 Å². The molecule has 0 aromatic heterocycles. The first-order valence-electron chi connectivity index (χ1n) is 6.87. The van der Waals surface area contributed by atoms with E-state index in [1.165, 1.54) is 5.56 Å². The minimum Gasteiger partial charge on any atom is -0.311 e. The predicted molar refractivity (Wildman–Crippen MR) is 73.6 cm³/mol. The quantitative estimate of drug-likeness (QED) is 0.862. The van der Waals surface area contributed by atoms with Gasteiger partial charge in [-0.2, -0.15) is 0 Å². The van der Waals surface area contributed by atoms with Crippen LogP contribution in [0.15, 0.2) is 30.3 Å². The van der Waals surface area contributed by atoms with Gasteiger partial charge in [0.25, 0.3) is 0 Å². The van der Waals surface area contributed by atoms with Gasteiger partial charge in [-0.1, -0.05) is 30.3 Å². The highest BCUT2D eigenvalue weighted by molar-refractivity contribution is 5.16. The molecule has 3 heteroatoms. The number of halogens is 1. The topological polar surface area (TPSA) is 15.3 Å². The lowest BCUT2D eigenvalue weighted by Gasteiger charge is -2.39. The molecule has 1 heterocycles. The summed E-state index contributed by atoms with van der Waals surface area (Å²) < 4.78 is 12.4. The van der Waals surface area contributed by atoms with Crippen LogP contribution in [0.2, 0.25) is 0 Å². The Morgan fingerprint density at radius 1 is 1.33 bits per heavy atom. The van der Waals surface area contributed by atoms with Gasteiger partial charge in [-0.05, 0) is 25.3 Å². The van der Waals surface area contributed by atoms with Gasteiger partial charge in [0.1, 0.15) is 0 Å². The average Bonchev–Trinajstić information content (AvgIpc) is 2.40. The minimum absolute atomic E-state index is 0.212. The largest absolute Gasteiger partial charge is 0.311 e. The van der Waals surface area contributed by atoms with Gasteiger partial charge in [0.15, 0.2) is 0 Å². The highest BCUT2D eigenvalue weighted by Gasteiger charge is 2.25. The van der Waals surface area contributed by atoms with E-state index in [-0.39, 0.29) is 6.67 Å². The lowest BCUT2D eigenvalue weighted by atomic mass is 10.0. The van der Waals surface area contributed by atoms with Gasteiger partial charge in [-0.3, -0.25) is 9.29 Å². The number of piperazine rings is 1. The van der Waals surface area contributed by atoms with Crippen LogP contribution in [0.25, 0.3) is 0 Å². The molecule has 2 rings (SSSR count). The lowest BCUT2D eigenvalue weighted by molar-refractivity contribution is 0.130. The van der Waals surface area contributed by atoms with Crippen molar-refractivity contribution < 1.29 is 4.39 Å². The van der Waals surface area contributed by atoms with E-state index in [2.05, 4.69) is 41.4 Å². The van der Waals surface area contributed by atoms with Crippen LogP contribution in [0.5, 0.6) is 0 Å². The minimum atomic E-state index is -0.212. The first-order valence-corrected chi connectivity index (χ1v) is 6.87. The van der Waals surface area contributed by atoms with E-state index in [1.54, 1.807) is 0 Å². The Balaban J connectivity index is 1.95. The van der Waals surface area contributed by atoms with Gasteiger partial charge >= 0.3 is 0 Å². The SMILES string of the molecule is CC1CN(CCCF)C(Cc2ccccc2)CN1. The Morgan fingerprint density at radius 2 is 2.11 bits per heavy atom. The average molecular weight is 250 g/mol. The summed E-state index contributed by atoms with van der Waals surface area (Å²) in [6.07, 6.45) is 1.70. The fourth-order valence-corrected chi connectivity index (χ4v) is 2.66. The molecule has 0 amide bonds. The first-order chi connectivity index (χ1) is 8.79. The third-order valence-electron chi connectivity index (χ3n) is 3.62. The molecular formula is C15H23FN2. The number of nitrogens with zero attached hydrogens (tertiary/aromatic N) is 1. The number of rotatable bonds is 5. The normalized spacial score (nSPS) is 25.2. The summed E-state index contributed by atoms with van der Waals surface area (Å²) in [6.45, 7) is 4.89. The van der Waals surface area contributed by atoms with Crippen molar-refractivity contribution in [3.8, 4) is 0 Å². The van der Waals surface area contributed by atoms with E-state index < -0.39 is 0 Å². The maximum absolute atomic E-state index is 12.4. The van der Waals surface area contributed by atoms with E-state index in [0.29, 0.717) is 18.5 Å². The van der Waals surface area contributed by atoms with E-state index in [4.69, 9.17) is 0 Å². The second kappa shape index (κ2) is 6.86. The van der Waals surface area contributed by atoms with Crippen LogP contribution in [0, 0.1) is 0 Å². The van der Waals surface area contributed by atoms with Crippen LogP contribution in [0.3, 0.4) is 0 Å². The van der Waals surface area contributed by atoms with E-state index >= 15 is 0 Å². The second-order valence-electron chi connectivity index (χ2n) is 5.19.